The third-order valence-corrected chi connectivity index (χ3v) is 2.47. The molecule has 1 fully saturated rings. The van der Waals surface area contributed by atoms with Crippen molar-refractivity contribution in [3.05, 3.63) is 23.0 Å². The zero-order chi connectivity index (χ0) is 11.4. The summed E-state index contributed by atoms with van der Waals surface area (Å²) >= 11 is 1.73. The Kier molecular flexibility index (Phi) is 10.8. The first-order chi connectivity index (χ1) is 7.39. The lowest BCUT2D eigenvalue weighted by Gasteiger charge is -2.08. The summed E-state index contributed by atoms with van der Waals surface area (Å²) in [6.45, 7) is 4.89. The van der Waals surface area contributed by atoms with E-state index in [0.717, 1.165) is 32.2 Å². The van der Waals surface area contributed by atoms with Gasteiger partial charge in [-0.3, -0.25) is 4.79 Å². The Morgan fingerprint density at radius 1 is 1.20 bits per heavy atom. The van der Waals surface area contributed by atoms with Crippen molar-refractivity contribution in [2.24, 2.45) is 0 Å². The summed E-state index contributed by atoms with van der Waals surface area (Å²) in [7, 11) is 0. The molecule has 0 saturated carbocycles. The second-order valence-electron chi connectivity index (χ2n) is 2.92. The third kappa shape index (κ3) is 9.60. The monoisotopic (exact) mass is 227 g/mol. The smallest absolute Gasteiger partial charge is 0.219 e. The average Bonchev–Trinajstić information content (AvgIpc) is 2.36. The van der Waals surface area contributed by atoms with Crippen LogP contribution in [-0.2, 0) is 4.79 Å². The summed E-state index contributed by atoms with van der Waals surface area (Å²) in [6, 6.07) is 0. The standard InChI is InChI=1S/C5H9NO.C5H6S.C2H6/c7-5-3-1-2-4-6-5;1-2-4-6-5-3-1;1-2/h1-4H2,(H,6,7);2-5H,1H2;1-2H3. The van der Waals surface area contributed by atoms with Gasteiger partial charge in [-0.25, -0.2) is 0 Å². The maximum Gasteiger partial charge on any atom is 0.219 e. The maximum atomic E-state index is 10.4. The van der Waals surface area contributed by atoms with E-state index in [0.29, 0.717) is 0 Å². The number of piperidine rings is 1. The van der Waals surface area contributed by atoms with E-state index in [1.54, 1.807) is 11.8 Å². The molecule has 0 unspecified atom stereocenters. The molecule has 0 radical (unpaired) electrons. The summed E-state index contributed by atoms with van der Waals surface area (Å²) < 4.78 is 0. The summed E-state index contributed by atoms with van der Waals surface area (Å²) in [4.78, 5) is 10.4. The number of nitrogens with one attached hydrogen (secondary N) is 1. The van der Waals surface area contributed by atoms with E-state index in [9.17, 15) is 4.79 Å². The zero-order valence-electron chi connectivity index (χ0n) is 9.66. The predicted octanol–water partition coefficient (Wildman–Crippen LogP) is 3.46. The fraction of sp³-hybridized carbons (Fsp3) is 0.583. The molecule has 1 amide bonds. The van der Waals surface area contributed by atoms with Gasteiger partial charge in [-0.05, 0) is 30.1 Å². The predicted molar refractivity (Wildman–Crippen MR) is 68.7 cm³/mol. The van der Waals surface area contributed by atoms with Gasteiger partial charge >= 0.3 is 0 Å². The fourth-order valence-electron chi connectivity index (χ4n) is 1.07. The van der Waals surface area contributed by atoms with E-state index in [2.05, 4.69) is 28.3 Å². The molecule has 0 aromatic carbocycles. The van der Waals surface area contributed by atoms with Crippen molar-refractivity contribution < 1.29 is 4.79 Å². The summed E-state index contributed by atoms with van der Waals surface area (Å²) in [5, 5.41) is 6.94. The van der Waals surface area contributed by atoms with Gasteiger partial charge in [-0.2, -0.15) is 0 Å². The SMILES string of the molecule is C1=CSC=CC1.CC.O=C1CCCCN1. The quantitative estimate of drug-likeness (QED) is 0.686. The zero-order valence-corrected chi connectivity index (χ0v) is 10.5. The molecule has 0 aliphatic carbocycles. The molecule has 2 rings (SSSR count). The Morgan fingerprint density at radius 2 is 1.87 bits per heavy atom. The highest BCUT2D eigenvalue weighted by Gasteiger charge is 2.04. The largest absolute Gasteiger partial charge is 0.356 e. The van der Waals surface area contributed by atoms with Crippen LogP contribution in [0.1, 0.15) is 39.5 Å². The van der Waals surface area contributed by atoms with E-state index in [1.807, 2.05) is 13.8 Å². The number of carbonyl (C=O) groups excluding carboxylic acids is 1. The first-order valence-corrected chi connectivity index (χ1v) is 6.56. The second-order valence-corrected chi connectivity index (χ2v) is 3.74. The van der Waals surface area contributed by atoms with Crippen LogP contribution < -0.4 is 5.32 Å². The number of thioether (sulfide) groups is 1. The Balaban J connectivity index is 0.000000227. The molecule has 0 spiro atoms. The Bertz CT molecular complexity index is 184. The van der Waals surface area contributed by atoms with Crippen molar-refractivity contribution in [3.63, 3.8) is 0 Å². The minimum absolute atomic E-state index is 0.214. The van der Waals surface area contributed by atoms with Crippen molar-refractivity contribution >= 4 is 17.7 Å². The van der Waals surface area contributed by atoms with Gasteiger partial charge < -0.3 is 5.32 Å². The molecule has 2 aliphatic rings. The van der Waals surface area contributed by atoms with Crippen LogP contribution in [0.25, 0.3) is 0 Å². The van der Waals surface area contributed by atoms with Crippen molar-refractivity contribution in [2.45, 2.75) is 39.5 Å². The first kappa shape index (κ1) is 14.3. The van der Waals surface area contributed by atoms with E-state index in [-0.39, 0.29) is 5.91 Å². The van der Waals surface area contributed by atoms with Crippen LogP contribution in [0.3, 0.4) is 0 Å². The number of rotatable bonds is 0. The number of allylic oxidation sites excluding steroid dienone is 2. The molecule has 15 heavy (non-hydrogen) atoms. The van der Waals surface area contributed by atoms with Crippen molar-refractivity contribution in [1.29, 1.82) is 0 Å². The molecule has 0 bridgehead atoms. The van der Waals surface area contributed by atoms with Crippen molar-refractivity contribution in [2.75, 3.05) is 6.54 Å². The highest BCUT2D eigenvalue weighted by atomic mass is 32.2. The number of carbonyl (C=O) groups is 1. The normalized spacial score (nSPS) is 17.9. The molecule has 2 aliphatic heterocycles. The summed E-state index contributed by atoms with van der Waals surface area (Å²) in [5.74, 6) is 0.214. The minimum atomic E-state index is 0.214. The lowest BCUT2D eigenvalue weighted by Crippen LogP contribution is -2.28. The molecule has 3 heteroatoms. The lowest BCUT2D eigenvalue weighted by atomic mass is 10.2. The van der Waals surface area contributed by atoms with Gasteiger partial charge in [0.1, 0.15) is 0 Å². The van der Waals surface area contributed by atoms with Gasteiger partial charge in [0, 0.05) is 13.0 Å². The van der Waals surface area contributed by atoms with Gasteiger partial charge in [0.2, 0.25) is 5.91 Å². The fourth-order valence-corrected chi connectivity index (χ4v) is 1.61. The van der Waals surface area contributed by atoms with Gasteiger partial charge in [-0.15, -0.1) is 11.8 Å². The van der Waals surface area contributed by atoms with Crippen LogP contribution in [0, 0.1) is 0 Å². The van der Waals surface area contributed by atoms with Crippen molar-refractivity contribution in [1.82, 2.24) is 5.32 Å². The molecule has 2 heterocycles. The van der Waals surface area contributed by atoms with Gasteiger partial charge in [-0.1, -0.05) is 26.0 Å². The average molecular weight is 227 g/mol. The second kappa shape index (κ2) is 11.4. The van der Waals surface area contributed by atoms with Crippen LogP contribution in [0.4, 0.5) is 0 Å². The Morgan fingerprint density at radius 3 is 2.07 bits per heavy atom. The molecule has 86 valence electrons. The molecule has 1 N–H and O–H groups in total. The summed E-state index contributed by atoms with van der Waals surface area (Å²) in [5.41, 5.74) is 0. The Labute approximate surface area is 97.2 Å². The topological polar surface area (TPSA) is 29.1 Å². The molecule has 1 saturated heterocycles. The van der Waals surface area contributed by atoms with Gasteiger partial charge in [0.25, 0.3) is 0 Å². The maximum absolute atomic E-state index is 10.4. The number of amides is 1. The van der Waals surface area contributed by atoms with E-state index in [1.165, 1.54) is 0 Å². The van der Waals surface area contributed by atoms with E-state index < -0.39 is 0 Å². The van der Waals surface area contributed by atoms with Gasteiger partial charge in [0.05, 0.1) is 0 Å². The first-order valence-electron chi connectivity index (χ1n) is 5.62. The molecule has 2 nitrogen and oxygen atoms in total. The minimum Gasteiger partial charge on any atom is -0.356 e. The molecule has 0 aromatic heterocycles. The lowest BCUT2D eigenvalue weighted by molar-refractivity contribution is -0.122. The highest BCUT2D eigenvalue weighted by Crippen LogP contribution is 2.09. The number of hydrogen-bond donors (Lipinski definition) is 1. The van der Waals surface area contributed by atoms with E-state index in [4.69, 9.17) is 0 Å². The van der Waals surface area contributed by atoms with Crippen LogP contribution in [0.5, 0.6) is 0 Å². The number of hydrogen-bond acceptors (Lipinski definition) is 2. The van der Waals surface area contributed by atoms with Crippen molar-refractivity contribution in [3.8, 4) is 0 Å². The molecular formula is C12H21NOS. The van der Waals surface area contributed by atoms with Crippen LogP contribution in [-0.4, -0.2) is 12.5 Å². The van der Waals surface area contributed by atoms with E-state index >= 15 is 0 Å². The van der Waals surface area contributed by atoms with Crippen LogP contribution in [0.2, 0.25) is 0 Å². The van der Waals surface area contributed by atoms with Crippen LogP contribution in [0.15, 0.2) is 23.0 Å². The van der Waals surface area contributed by atoms with Gasteiger partial charge in [0.15, 0.2) is 0 Å². The Hall–Kier alpha value is -0.700. The molecular weight excluding hydrogens is 206 g/mol. The molecule has 0 atom stereocenters. The molecule has 0 aromatic rings. The van der Waals surface area contributed by atoms with Crippen LogP contribution >= 0.6 is 11.8 Å². The third-order valence-electron chi connectivity index (χ3n) is 1.77. The summed E-state index contributed by atoms with van der Waals surface area (Å²) in [6.07, 6.45) is 8.37. The highest BCUT2D eigenvalue weighted by molar-refractivity contribution is 8.04.